The summed E-state index contributed by atoms with van der Waals surface area (Å²) in [5.74, 6) is 1.71. The lowest BCUT2D eigenvalue weighted by atomic mass is 9.78. The summed E-state index contributed by atoms with van der Waals surface area (Å²) in [6.45, 7) is 1.10. The summed E-state index contributed by atoms with van der Waals surface area (Å²) in [7, 11) is 0. The van der Waals surface area contributed by atoms with Gasteiger partial charge in [0.1, 0.15) is 5.76 Å². The number of hydrogen-bond acceptors (Lipinski definition) is 5. The first-order valence-electron chi connectivity index (χ1n) is 11.2. The Balaban J connectivity index is 1.42. The molecule has 3 aromatic rings. The molecule has 1 aliphatic carbocycles. The third-order valence-electron chi connectivity index (χ3n) is 6.66. The highest BCUT2D eigenvalue weighted by Crippen LogP contribution is 2.35. The van der Waals surface area contributed by atoms with Gasteiger partial charge < -0.3 is 9.32 Å². The molecule has 1 aliphatic heterocycles. The maximum absolute atomic E-state index is 13.3. The minimum absolute atomic E-state index is 0.136. The first-order valence-corrected chi connectivity index (χ1v) is 12.6. The highest BCUT2D eigenvalue weighted by molar-refractivity contribution is 7.99. The molecule has 0 spiro atoms. The van der Waals surface area contributed by atoms with E-state index in [1.165, 1.54) is 37.4 Å². The second-order valence-electron chi connectivity index (χ2n) is 8.66. The van der Waals surface area contributed by atoms with Gasteiger partial charge in [-0.05, 0) is 61.9 Å². The van der Waals surface area contributed by atoms with Gasteiger partial charge in [0.15, 0.2) is 5.16 Å². The number of fused-ring (bicyclic) bond motifs is 2. The van der Waals surface area contributed by atoms with E-state index < -0.39 is 0 Å². The number of piperidine rings is 1. The van der Waals surface area contributed by atoms with Crippen LogP contribution in [-0.2, 0) is 11.3 Å². The molecule has 2 atom stereocenters. The molecule has 5 rings (SSSR count). The number of likely N-dealkylation sites (tertiary alicyclic amines) is 1. The Labute approximate surface area is 195 Å². The predicted molar refractivity (Wildman–Crippen MR) is 126 cm³/mol. The van der Waals surface area contributed by atoms with Crippen molar-refractivity contribution in [3.05, 3.63) is 57.7 Å². The summed E-state index contributed by atoms with van der Waals surface area (Å²) in [4.78, 5) is 33.3. The van der Waals surface area contributed by atoms with Gasteiger partial charge in [-0.25, -0.2) is 4.98 Å². The lowest BCUT2D eigenvalue weighted by molar-refractivity contribution is -0.134. The van der Waals surface area contributed by atoms with E-state index in [0.29, 0.717) is 38.8 Å². The van der Waals surface area contributed by atoms with Crippen LogP contribution in [0.25, 0.3) is 10.9 Å². The Bertz CT molecular complexity index is 1180. The van der Waals surface area contributed by atoms with Gasteiger partial charge in [-0.15, -0.1) is 0 Å². The molecule has 3 heterocycles. The number of carbonyl (C=O) groups excluding carboxylic acids is 1. The standard InChI is InChI=1S/C24H26ClN3O3S/c25-17-9-10-19-20(13-17)26-24(28(23(19)30)14-18-7-4-12-31-18)32-15-22(29)27-11-3-6-16-5-1-2-8-21(16)27/h4,7,9-10,12-13,16,21H,1-3,5-6,8,11,14-15H2/t16-,21-/m0/s1. The normalized spacial score (nSPS) is 21.0. The number of benzene rings is 1. The van der Waals surface area contributed by atoms with E-state index in [2.05, 4.69) is 4.90 Å². The fourth-order valence-electron chi connectivity index (χ4n) is 5.13. The number of thioether (sulfide) groups is 1. The smallest absolute Gasteiger partial charge is 0.262 e. The van der Waals surface area contributed by atoms with Crippen molar-refractivity contribution in [2.75, 3.05) is 12.3 Å². The zero-order valence-electron chi connectivity index (χ0n) is 17.8. The molecule has 1 saturated heterocycles. The van der Waals surface area contributed by atoms with Gasteiger partial charge in [0.25, 0.3) is 5.56 Å². The summed E-state index contributed by atoms with van der Waals surface area (Å²) >= 11 is 7.46. The number of amides is 1. The molecule has 0 radical (unpaired) electrons. The van der Waals surface area contributed by atoms with Crippen LogP contribution < -0.4 is 5.56 Å². The van der Waals surface area contributed by atoms with E-state index in [0.717, 1.165) is 19.4 Å². The molecule has 8 heteroatoms. The van der Waals surface area contributed by atoms with Crippen LogP contribution in [0.5, 0.6) is 0 Å². The van der Waals surface area contributed by atoms with Crippen molar-refractivity contribution in [2.45, 2.75) is 56.3 Å². The van der Waals surface area contributed by atoms with Gasteiger partial charge in [0, 0.05) is 17.6 Å². The molecular formula is C24H26ClN3O3S. The molecule has 1 amide bonds. The van der Waals surface area contributed by atoms with Gasteiger partial charge in [0.2, 0.25) is 5.91 Å². The minimum atomic E-state index is -0.164. The van der Waals surface area contributed by atoms with E-state index >= 15 is 0 Å². The van der Waals surface area contributed by atoms with Crippen LogP contribution in [0, 0.1) is 5.92 Å². The minimum Gasteiger partial charge on any atom is -0.467 e. The Morgan fingerprint density at radius 3 is 2.88 bits per heavy atom. The molecule has 0 unspecified atom stereocenters. The van der Waals surface area contributed by atoms with Crippen LogP contribution in [-0.4, -0.2) is 38.7 Å². The third-order valence-corrected chi connectivity index (χ3v) is 7.86. The van der Waals surface area contributed by atoms with Gasteiger partial charge in [-0.2, -0.15) is 0 Å². The second-order valence-corrected chi connectivity index (χ2v) is 10.0. The average Bonchev–Trinajstić information content (AvgIpc) is 3.32. The lowest BCUT2D eigenvalue weighted by Crippen LogP contribution is -2.50. The number of carbonyl (C=O) groups is 1. The van der Waals surface area contributed by atoms with Crippen LogP contribution in [0.3, 0.4) is 0 Å². The van der Waals surface area contributed by atoms with Gasteiger partial charge in [-0.3, -0.25) is 14.2 Å². The predicted octanol–water partition coefficient (Wildman–Crippen LogP) is 4.96. The zero-order chi connectivity index (χ0) is 22.1. The van der Waals surface area contributed by atoms with E-state index in [1.807, 2.05) is 6.07 Å². The van der Waals surface area contributed by atoms with E-state index in [1.54, 1.807) is 35.1 Å². The van der Waals surface area contributed by atoms with Crippen molar-refractivity contribution in [1.82, 2.24) is 14.5 Å². The molecule has 2 fully saturated rings. The largest absolute Gasteiger partial charge is 0.467 e. The molecule has 6 nitrogen and oxygen atoms in total. The van der Waals surface area contributed by atoms with E-state index in [-0.39, 0.29) is 23.8 Å². The molecule has 2 aliphatic rings. The average molecular weight is 472 g/mol. The zero-order valence-corrected chi connectivity index (χ0v) is 19.4. The summed E-state index contributed by atoms with van der Waals surface area (Å²) < 4.78 is 7.06. The van der Waals surface area contributed by atoms with Crippen LogP contribution in [0.1, 0.15) is 44.3 Å². The Morgan fingerprint density at radius 1 is 1.19 bits per heavy atom. The van der Waals surface area contributed by atoms with Crippen molar-refractivity contribution in [1.29, 1.82) is 0 Å². The highest BCUT2D eigenvalue weighted by atomic mass is 35.5. The van der Waals surface area contributed by atoms with Gasteiger partial charge in [-0.1, -0.05) is 36.2 Å². The molecular weight excluding hydrogens is 446 g/mol. The molecule has 1 saturated carbocycles. The number of furan rings is 1. The van der Waals surface area contributed by atoms with Crippen molar-refractivity contribution in [3.63, 3.8) is 0 Å². The van der Waals surface area contributed by atoms with Gasteiger partial charge >= 0.3 is 0 Å². The summed E-state index contributed by atoms with van der Waals surface area (Å²) in [6, 6.07) is 9.08. The third kappa shape index (κ3) is 4.33. The highest BCUT2D eigenvalue weighted by Gasteiger charge is 2.35. The molecule has 32 heavy (non-hydrogen) atoms. The van der Waals surface area contributed by atoms with E-state index in [4.69, 9.17) is 21.0 Å². The van der Waals surface area contributed by atoms with Crippen molar-refractivity contribution in [3.8, 4) is 0 Å². The number of rotatable bonds is 5. The number of aromatic nitrogens is 2. The molecule has 1 aromatic carbocycles. The van der Waals surface area contributed by atoms with Crippen LogP contribution in [0.15, 0.2) is 51.0 Å². The summed E-state index contributed by atoms with van der Waals surface area (Å²) in [5, 5.41) is 1.53. The monoisotopic (exact) mass is 471 g/mol. The Kier molecular flexibility index (Phi) is 6.28. The maximum Gasteiger partial charge on any atom is 0.262 e. The first-order chi connectivity index (χ1) is 15.6. The summed E-state index contributed by atoms with van der Waals surface area (Å²) in [5.41, 5.74) is 0.377. The quantitative estimate of drug-likeness (QED) is 0.388. The maximum atomic E-state index is 13.3. The lowest BCUT2D eigenvalue weighted by Gasteiger charge is -2.44. The Morgan fingerprint density at radius 2 is 2.03 bits per heavy atom. The van der Waals surface area contributed by atoms with Crippen molar-refractivity contribution < 1.29 is 9.21 Å². The van der Waals surface area contributed by atoms with Crippen LogP contribution >= 0.6 is 23.4 Å². The topological polar surface area (TPSA) is 68.3 Å². The number of nitrogens with zero attached hydrogens (tertiary/aromatic N) is 3. The SMILES string of the molecule is O=C(CSc1nc2cc(Cl)ccc2c(=O)n1Cc1ccco1)N1CCC[C@@H]2CCCC[C@@H]21. The number of halogens is 1. The molecule has 0 N–H and O–H groups in total. The molecule has 2 aromatic heterocycles. The van der Waals surface area contributed by atoms with Crippen LogP contribution in [0.4, 0.5) is 0 Å². The van der Waals surface area contributed by atoms with Crippen LogP contribution in [0.2, 0.25) is 5.02 Å². The first kappa shape index (κ1) is 21.6. The second kappa shape index (κ2) is 9.32. The summed E-state index contributed by atoms with van der Waals surface area (Å²) in [6.07, 6.45) is 8.72. The number of hydrogen-bond donors (Lipinski definition) is 0. The molecule has 0 bridgehead atoms. The van der Waals surface area contributed by atoms with E-state index in [9.17, 15) is 9.59 Å². The van der Waals surface area contributed by atoms with Gasteiger partial charge in [0.05, 0.1) is 29.5 Å². The van der Waals surface area contributed by atoms with Crippen molar-refractivity contribution >= 4 is 40.2 Å². The van der Waals surface area contributed by atoms with Crippen molar-refractivity contribution in [2.24, 2.45) is 5.92 Å². The Hall–Kier alpha value is -2.25. The molecule has 168 valence electrons. The fraction of sp³-hybridized carbons (Fsp3) is 0.458. The fourth-order valence-corrected chi connectivity index (χ4v) is 6.18.